The molecule has 0 atom stereocenters. The van der Waals surface area contributed by atoms with E-state index in [1.165, 1.54) is 12.5 Å². The Kier molecular flexibility index (Phi) is 8.88. The maximum Gasteiger partial charge on any atom is 0.309 e. The van der Waals surface area contributed by atoms with Crippen molar-refractivity contribution in [3.05, 3.63) is 35.9 Å². The van der Waals surface area contributed by atoms with Crippen LogP contribution in [0.3, 0.4) is 0 Å². The van der Waals surface area contributed by atoms with E-state index in [1.54, 1.807) is 0 Å². The molecule has 1 aliphatic heterocycles. The Morgan fingerprint density at radius 2 is 1.75 bits per heavy atom. The van der Waals surface area contributed by atoms with E-state index in [0.29, 0.717) is 13.0 Å². The lowest BCUT2D eigenvalue weighted by atomic mass is 10.2. The van der Waals surface area contributed by atoms with Crippen molar-refractivity contribution in [1.29, 1.82) is 0 Å². The molecule has 0 radical (unpaired) electrons. The average Bonchev–Trinajstić information content (AvgIpc) is 2.29. The standard InChI is InChI=1S/C8H10.C3H4O2.C2H4O/c1-2-8-6-4-3-5-7-8;4-3-1-2-5-3;1-2-3/h3-7H,2H2,1H3;1-2H2;2H,1H3. The van der Waals surface area contributed by atoms with Gasteiger partial charge < -0.3 is 9.53 Å². The SMILES string of the molecule is CC=O.CCc1ccccc1.O=C1CCO1. The van der Waals surface area contributed by atoms with Crippen LogP contribution in [0.2, 0.25) is 0 Å². The number of carbonyl (C=O) groups is 2. The molecule has 0 spiro atoms. The number of esters is 1. The van der Waals surface area contributed by atoms with Crippen molar-refractivity contribution < 1.29 is 14.3 Å². The minimum Gasteiger partial charge on any atom is -0.465 e. The van der Waals surface area contributed by atoms with E-state index in [2.05, 4.69) is 35.9 Å². The van der Waals surface area contributed by atoms with Crippen molar-refractivity contribution in [3.63, 3.8) is 0 Å². The average molecular weight is 222 g/mol. The zero-order valence-electron chi connectivity index (χ0n) is 9.81. The van der Waals surface area contributed by atoms with Gasteiger partial charge in [0.05, 0.1) is 6.42 Å². The Morgan fingerprint density at radius 1 is 1.31 bits per heavy atom. The molecule has 0 aliphatic carbocycles. The highest BCUT2D eigenvalue weighted by Gasteiger charge is 2.10. The van der Waals surface area contributed by atoms with E-state index in [9.17, 15) is 4.79 Å². The lowest BCUT2D eigenvalue weighted by Gasteiger charge is -2.09. The maximum absolute atomic E-state index is 9.68. The Labute approximate surface area is 96.4 Å². The second-order valence-electron chi connectivity index (χ2n) is 3.05. The van der Waals surface area contributed by atoms with Crippen LogP contribution in [-0.2, 0) is 20.7 Å². The summed E-state index contributed by atoms with van der Waals surface area (Å²) in [5.74, 6) is -0.0648. The number of cyclic esters (lactones) is 1. The molecule has 16 heavy (non-hydrogen) atoms. The van der Waals surface area contributed by atoms with Gasteiger partial charge in [-0.25, -0.2) is 0 Å². The number of aryl methyl sites for hydroxylation is 1. The molecule has 0 saturated carbocycles. The van der Waals surface area contributed by atoms with Crippen LogP contribution in [0.4, 0.5) is 0 Å². The first-order chi connectivity index (χ1) is 7.74. The van der Waals surface area contributed by atoms with Crippen molar-refractivity contribution >= 4 is 12.3 Å². The zero-order valence-corrected chi connectivity index (χ0v) is 9.81. The third kappa shape index (κ3) is 7.74. The molecule has 0 unspecified atom stereocenters. The summed E-state index contributed by atoms with van der Waals surface area (Å²) >= 11 is 0. The van der Waals surface area contributed by atoms with Gasteiger partial charge in [0.15, 0.2) is 0 Å². The third-order valence-corrected chi connectivity index (χ3v) is 1.82. The van der Waals surface area contributed by atoms with E-state index in [4.69, 9.17) is 4.79 Å². The summed E-state index contributed by atoms with van der Waals surface area (Å²) in [6.45, 7) is 4.24. The van der Waals surface area contributed by atoms with Gasteiger partial charge in [-0.15, -0.1) is 0 Å². The van der Waals surface area contributed by atoms with Gasteiger partial charge in [-0.05, 0) is 18.9 Å². The van der Waals surface area contributed by atoms with E-state index >= 15 is 0 Å². The summed E-state index contributed by atoms with van der Waals surface area (Å²) < 4.78 is 4.29. The van der Waals surface area contributed by atoms with Crippen molar-refractivity contribution in [3.8, 4) is 0 Å². The topological polar surface area (TPSA) is 43.4 Å². The number of hydrogen-bond acceptors (Lipinski definition) is 3. The number of hydrogen-bond donors (Lipinski definition) is 0. The molecule has 1 fully saturated rings. The van der Waals surface area contributed by atoms with Crippen molar-refractivity contribution in [2.75, 3.05) is 6.61 Å². The lowest BCUT2D eigenvalue weighted by Crippen LogP contribution is -2.18. The lowest BCUT2D eigenvalue weighted by molar-refractivity contribution is -0.157. The van der Waals surface area contributed by atoms with Gasteiger partial charge in [-0.3, -0.25) is 4.79 Å². The van der Waals surface area contributed by atoms with Gasteiger partial charge in [-0.2, -0.15) is 0 Å². The first kappa shape index (κ1) is 14.4. The van der Waals surface area contributed by atoms with Crippen LogP contribution in [0, 0.1) is 0 Å². The number of ether oxygens (including phenoxy) is 1. The van der Waals surface area contributed by atoms with Gasteiger partial charge in [0.25, 0.3) is 0 Å². The van der Waals surface area contributed by atoms with Gasteiger partial charge in [0, 0.05) is 0 Å². The van der Waals surface area contributed by atoms with E-state index in [-0.39, 0.29) is 5.97 Å². The normalized spacial score (nSPS) is 11.8. The summed E-state index contributed by atoms with van der Waals surface area (Å²) in [4.78, 5) is 18.5. The molecule has 0 N–H and O–H groups in total. The summed E-state index contributed by atoms with van der Waals surface area (Å²) in [6.07, 6.45) is 2.51. The third-order valence-electron chi connectivity index (χ3n) is 1.82. The fourth-order valence-corrected chi connectivity index (χ4v) is 0.899. The molecule has 1 aliphatic rings. The summed E-state index contributed by atoms with van der Waals surface area (Å²) in [5, 5.41) is 0. The molecular weight excluding hydrogens is 204 g/mol. The molecule has 88 valence electrons. The second-order valence-corrected chi connectivity index (χ2v) is 3.05. The monoisotopic (exact) mass is 222 g/mol. The molecule has 1 aromatic carbocycles. The van der Waals surface area contributed by atoms with E-state index < -0.39 is 0 Å². The quantitative estimate of drug-likeness (QED) is 0.541. The first-order valence-corrected chi connectivity index (χ1v) is 5.33. The Morgan fingerprint density at radius 3 is 1.94 bits per heavy atom. The highest BCUT2D eigenvalue weighted by molar-refractivity contribution is 5.73. The van der Waals surface area contributed by atoms with Gasteiger partial charge in [0.2, 0.25) is 0 Å². The Balaban J connectivity index is 0.000000241. The van der Waals surface area contributed by atoms with E-state index in [0.717, 1.165) is 12.7 Å². The van der Waals surface area contributed by atoms with Crippen LogP contribution < -0.4 is 0 Å². The molecule has 3 nitrogen and oxygen atoms in total. The molecule has 1 saturated heterocycles. The smallest absolute Gasteiger partial charge is 0.309 e. The van der Waals surface area contributed by atoms with Crippen LogP contribution in [-0.4, -0.2) is 18.9 Å². The first-order valence-electron chi connectivity index (χ1n) is 5.33. The summed E-state index contributed by atoms with van der Waals surface area (Å²) in [5.41, 5.74) is 1.41. The van der Waals surface area contributed by atoms with Gasteiger partial charge in [0.1, 0.15) is 12.9 Å². The van der Waals surface area contributed by atoms with Gasteiger partial charge >= 0.3 is 5.97 Å². The largest absolute Gasteiger partial charge is 0.465 e. The van der Waals surface area contributed by atoms with Crippen LogP contribution >= 0.6 is 0 Å². The minimum absolute atomic E-state index is 0.0648. The number of rotatable bonds is 1. The summed E-state index contributed by atoms with van der Waals surface area (Å²) in [7, 11) is 0. The molecule has 1 aromatic rings. The molecule has 0 aromatic heterocycles. The van der Waals surface area contributed by atoms with E-state index in [1.807, 2.05) is 6.07 Å². The zero-order chi connectivity index (χ0) is 12.2. The molecule has 1 heterocycles. The van der Waals surface area contributed by atoms with Crippen LogP contribution in [0.1, 0.15) is 25.8 Å². The van der Waals surface area contributed by atoms with Gasteiger partial charge in [-0.1, -0.05) is 37.3 Å². The van der Waals surface area contributed by atoms with Crippen LogP contribution in [0.15, 0.2) is 30.3 Å². The van der Waals surface area contributed by atoms with Crippen LogP contribution in [0.25, 0.3) is 0 Å². The Hall–Kier alpha value is -1.64. The van der Waals surface area contributed by atoms with Crippen molar-refractivity contribution in [2.45, 2.75) is 26.7 Å². The fourth-order valence-electron chi connectivity index (χ4n) is 0.899. The molecule has 3 heteroatoms. The molecule has 0 amide bonds. The minimum atomic E-state index is -0.0648. The number of benzene rings is 1. The second kappa shape index (κ2) is 9.90. The Bertz CT molecular complexity index is 287. The number of aldehydes is 1. The number of carbonyl (C=O) groups excluding carboxylic acids is 2. The van der Waals surface area contributed by atoms with Crippen LogP contribution in [0.5, 0.6) is 0 Å². The maximum atomic E-state index is 9.68. The molecule has 0 bridgehead atoms. The van der Waals surface area contributed by atoms with Crippen molar-refractivity contribution in [2.24, 2.45) is 0 Å². The highest BCUT2D eigenvalue weighted by Crippen LogP contribution is 1.97. The molecule has 2 rings (SSSR count). The molecular formula is C13H18O3. The predicted molar refractivity (Wildman–Crippen MR) is 63.1 cm³/mol. The summed E-state index contributed by atoms with van der Waals surface area (Å²) in [6, 6.07) is 10.5. The fraction of sp³-hybridized carbons (Fsp3) is 0.385. The highest BCUT2D eigenvalue weighted by atomic mass is 16.6. The predicted octanol–water partition coefficient (Wildman–Crippen LogP) is 2.39. The van der Waals surface area contributed by atoms with Crippen molar-refractivity contribution in [1.82, 2.24) is 0 Å².